The van der Waals surface area contributed by atoms with Gasteiger partial charge in [-0.2, -0.15) is 4.52 Å². The molecule has 0 amide bonds. The van der Waals surface area contributed by atoms with Crippen molar-refractivity contribution in [1.29, 1.82) is 0 Å². The predicted molar refractivity (Wildman–Crippen MR) is 66.0 cm³/mol. The highest BCUT2D eigenvalue weighted by Gasteiger charge is 2.54. The summed E-state index contributed by atoms with van der Waals surface area (Å²) in [5.74, 6) is 0. The molecular weight excluding hydrogens is 295 g/mol. The van der Waals surface area contributed by atoms with E-state index in [0.29, 0.717) is 9.80 Å². The van der Waals surface area contributed by atoms with E-state index < -0.39 is 13.5 Å². The highest BCUT2D eigenvalue weighted by molar-refractivity contribution is 9.11. The molecule has 2 atom stereocenters. The molecule has 2 unspecified atom stereocenters. The zero-order chi connectivity index (χ0) is 12.4. The summed E-state index contributed by atoms with van der Waals surface area (Å²) in [6.45, 7) is 3.63. The minimum Gasteiger partial charge on any atom is -0.627 e. The number of hydrogen-bond acceptors (Lipinski definition) is 4. The van der Waals surface area contributed by atoms with E-state index in [-0.39, 0.29) is 6.61 Å². The van der Waals surface area contributed by atoms with Gasteiger partial charge < -0.3 is 10.00 Å². The van der Waals surface area contributed by atoms with Crippen LogP contribution in [0.15, 0.2) is 9.80 Å². The number of hydrogen-bond donors (Lipinski definition) is 1. The lowest BCUT2D eigenvalue weighted by atomic mass is 9.99. The van der Waals surface area contributed by atoms with E-state index in [0.717, 1.165) is 19.3 Å². The Bertz CT molecular complexity index is 297. The summed E-state index contributed by atoms with van der Waals surface area (Å²) in [5, 5.41) is 9.58. The molecule has 0 aromatic rings. The van der Waals surface area contributed by atoms with Crippen molar-refractivity contribution >= 4 is 23.9 Å². The Morgan fingerprint density at radius 3 is 2.62 bits per heavy atom. The van der Waals surface area contributed by atoms with Gasteiger partial charge in [-0.15, -0.1) is 0 Å². The number of unbranched alkanes of at least 4 members (excludes halogenated alkanes) is 1. The summed E-state index contributed by atoms with van der Waals surface area (Å²) in [7, 11) is -1.96. The first kappa shape index (κ1) is 14.6. The van der Waals surface area contributed by atoms with E-state index in [9.17, 15) is 10.00 Å². The minimum atomic E-state index is -3.30. The van der Waals surface area contributed by atoms with Gasteiger partial charge >= 0.3 is 0 Å². The largest absolute Gasteiger partial charge is 0.627 e. The standard InChI is InChI=1S/C10H18BrO4P/c1-4-5-6-10(2)9(11)8(7-12)16(13,14-3)15-10/h12H,4-7H2,1-3H3. The lowest BCUT2D eigenvalue weighted by Gasteiger charge is -2.27. The van der Waals surface area contributed by atoms with Crippen molar-refractivity contribution in [1.82, 2.24) is 0 Å². The van der Waals surface area contributed by atoms with Crippen molar-refractivity contribution in [3.63, 3.8) is 0 Å². The molecule has 0 aromatic carbocycles. The molecule has 1 heterocycles. The molecule has 6 heteroatoms. The molecule has 0 radical (unpaired) electrons. The summed E-state index contributed by atoms with van der Waals surface area (Å²) in [6.07, 6.45) is 2.75. The quantitative estimate of drug-likeness (QED) is 0.791. The van der Waals surface area contributed by atoms with Gasteiger partial charge in [-0.3, -0.25) is 0 Å². The highest BCUT2D eigenvalue weighted by Crippen LogP contribution is 2.70. The fraction of sp³-hybridized carbons (Fsp3) is 0.800. The third-order valence-electron chi connectivity index (χ3n) is 2.77. The van der Waals surface area contributed by atoms with Crippen LogP contribution in [0.5, 0.6) is 0 Å². The molecule has 1 aliphatic heterocycles. The van der Waals surface area contributed by atoms with E-state index in [2.05, 4.69) is 22.9 Å². The Morgan fingerprint density at radius 1 is 1.62 bits per heavy atom. The van der Waals surface area contributed by atoms with Gasteiger partial charge in [0, 0.05) is 0 Å². The molecule has 0 saturated heterocycles. The summed E-state index contributed by atoms with van der Waals surface area (Å²) < 4.78 is 11.2. The molecule has 0 bridgehead atoms. The van der Waals surface area contributed by atoms with Gasteiger partial charge in [-0.25, -0.2) is 4.52 Å². The van der Waals surface area contributed by atoms with Crippen molar-refractivity contribution in [2.45, 2.75) is 38.7 Å². The van der Waals surface area contributed by atoms with Crippen molar-refractivity contribution in [3.05, 3.63) is 9.80 Å². The Labute approximate surface area is 105 Å². The second-order valence-corrected chi connectivity index (χ2v) is 6.90. The molecule has 4 nitrogen and oxygen atoms in total. The fourth-order valence-electron chi connectivity index (χ4n) is 1.76. The molecule has 94 valence electrons. The van der Waals surface area contributed by atoms with Crippen molar-refractivity contribution in [2.75, 3.05) is 13.7 Å². The number of rotatable bonds is 5. The van der Waals surface area contributed by atoms with Crippen LogP contribution in [-0.2, 0) is 9.05 Å². The Hall–Kier alpha value is 0.490. The van der Waals surface area contributed by atoms with E-state index in [4.69, 9.17) is 9.05 Å². The molecular formula is C10H18BrO4P. The van der Waals surface area contributed by atoms with Crippen LogP contribution in [-0.4, -0.2) is 24.4 Å². The summed E-state index contributed by atoms with van der Waals surface area (Å²) in [4.78, 5) is 12.2. The summed E-state index contributed by atoms with van der Waals surface area (Å²) in [5.41, 5.74) is -0.639. The number of aliphatic hydroxyl groups excluding tert-OH is 1. The third-order valence-corrected chi connectivity index (χ3v) is 6.54. The van der Waals surface area contributed by atoms with Gasteiger partial charge in [0.05, 0.1) is 11.6 Å². The molecule has 1 rings (SSSR count). The smallest absolute Gasteiger partial charge is 0.271 e. The van der Waals surface area contributed by atoms with Crippen molar-refractivity contribution in [2.24, 2.45) is 0 Å². The van der Waals surface area contributed by atoms with Gasteiger partial charge in [0.25, 0.3) is 7.94 Å². The second-order valence-electron chi connectivity index (χ2n) is 4.02. The number of aliphatic hydroxyl groups is 1. The lowest BCUT2D eigenvalue weighted by Crippen LogP contribution is -2.26. The van der Waals surface area contributed by atoms with Gasteiger partial charge in [0.1, 0.15) is 12.2 Å². The topological polar surface area (TPSA) is 61.8 Å². The maximum Gasteiger partial charge on any atom is 0.271 e. The van der Waals surface area contributed by atoms with E-state index >= 15 is 0 Å². The SMILES string of the molecule is CCCCC1(C)O[P+]([O-])(OC)C(CO)=C1Br. The Morgan fingerprint density at radius 2 is 2.25 bits per heavy atom. The van der Waals surface area contributed by atoms with Crippen LogP contribution in [0.2, 0.25) is 0 Å². The monoisotopic (exact) mass is 312 g/mol. The maximum atomic E-state index is 12.2. The summed E-state index contributed by atoms with van der Waals surface area (Å²) >= 11 is 3.38. The molecule has 0 fully saturated rings. The zero-order valence-electron chi connectivity index (χ0n) is 9.83. The summed E-state index contributed by atoms with van der Waals surface area (Å²) in [6, 6.07) is 0. The lowest BCUT2D eigenvalue weighted by molar-refractivity contribution is -0.218. The Kier molecular flexibility index (Phi) is 4.93. The predicted octanol–water partition coefficient (Wildman–Crippen LogP) is 2.33. The molecule has 1 aliphatic rings. The molecule has 1 N–H and O–H groups in total. The molecule has 0 spiro atoms. The van der Waals surface area contributed by atoms with Gasteiger partial charge in [-0.05, 0) is 29.3 Å². The average molecular weight is 313 g/mol. The molecule has 16 heavy (non-hydrogen) atoms. The van der Waals surface area contributed by atoms with Crippen LogP contribution >= 0.6 is 23.9 Å². The van der Waals surface area contributed by atoms with Crippen molar-refractivity contribution in [3.8, 4) is 0 Å². The van der Waals surface area contributed by atoms with Crippen molar-refractivity contribution < 1.29 is 19.0 Å². The third kappa shape index (κ3) is 2.50. The first-order chi connectivity index (χ1) is 7.43. The first-order valence-electron chi connectivity index (χ1n) is 5.30. The zero-order valence-corrected chi connectivity index (χ0v) is 12.3. The molecule has 0 aromatic heterocycles. The second kappa shape index (κ2) is 5.42. The van der Waals surface area contributed by atoms with Crippen LogP contribution in [0.3, 0.4) is 0 Å². The Balaban J connectivity index is 2.98. The molecule has 0 aliphatic carbocycles. The first-order valence-corrected chi connectivity index (χ1v) is 7.64. The van der Waals surface area contributed by atoms with Crippen LogP contribution in [0.25, 0.3) is 0 Å². The van der Waals surface area contributed by atoms with E-state index in [1.165, 1.54) is 7.11 Å². The van der Waals surface area contributed by atoms with Gasteiger partial charge in [-0.1, -0.05) is 19.8 Å². The van der Waals surface area contributed by atoms with Crippen LogP contribution < -0.4 is 4.89 Å². The van der Waals surface area contributed by atoms with Gasteiger partial charge in [0.2, 0.25) is 0 Å². The van der Waals surface area contributed by atoms with E-state index in [1.807, 2.05) is 6.92 Å². The fourth-order valence-corrected chi connectivity index (χ4v) is 4.71. The van der Waals surface area contributed by atoms with Gasteiger partial charge in [0.15, 0.2) is 5.31 Å². The maximum absolute atomic E-state index is 12.2. The minimum absolute atomic E-state index is 0.312. The van der Waals surface area contributed by atoms with Crippen LogP contribution in [0, 0.1) is 0 Å². The number of halogens is 1. The van der Waals surface area contributed by atoms with Crippen LogP contribution in [0.4, 0.5) is 0 Å². The average Bonchev–Trinajstić information content (AvgIpc) is 2.45. The highest BCUT2D eigenvalue weighted by atomic mass is 79.9. The molecule has 0 saturated carbocycles. The van der Waals surface area contributed by atoms with E-state index in [1.54, 1.807) is 0 Å². The van der Waals surface area contributed by atoms with Crippen LogP contribution in [0.1, 0.15) is 33.1 Å². The normalized spacial score (nSPS) is 34.9.